The highest BCUT2D eigenvalue weighted by Crippen LogP contribution is 2.09. The Morgan fingerprint density at radius 3 is 1.94 bits per heavy atom. The topological polar surface area (TPSA) is 95.5 Å². The van der Waals surface area contributed by atoms with Gasteiger partial charge in [0.05, 0.1) is 0 Å². The molecule has 0 aliphatic heterocycles. The van der Waals surface area contributed by atoms with Gasteiger partial charge in [-0.3, -0.25) is 9.59 Å². The third-order valence-electron chi connectivity index (χ3n) is 4.53. The minimum Gasteiger partial charge on any atom is -0.480 e. The zero-order valence-electron chi connectivity index (χ0n) is 16.7. The molecule has 0 spiro atoms. The van der Waals surface area contributed by atoms with E-state index in [0.29, 0.717) is 11.1 Å². The Morgan fingerprint density at radius 1 is 0.806 bits per heavy atom. The molecule has 0 unspecified atom stereocenters. The summed E-state index contributed by atoms with van der Waals surface area (Å²) < 4.78 is 0. The number of carboxylic acids is 1. The predicted octanol–water partition coefficient (Wildman–Crippen LogP) is 3.27. The lowest BCUT2D eigenvalue weighted by Crippen LogP contribution is -2.45. The monoisotopic (exact) mass is 414 g/mol. The van der Waals surface area contributed by atoms with Crippen molar-refractivity contribution in [3.8, 4) is 0 Å². The Hall–Kier alpha value is -4.19. The number of benzene rings is 3. The molecule has 3 aromatic rings. The van der Waals surface area contributed by atoms with Gasteiger partial charge in [-0.1, -0.05) is 78.9 Å². The van der Waals surface area contributed by atoms with E-state index in [1.807, 2.05) is 12.1 Å². The van der Waals surface area contributed by atoms with Gasteiger partial charge in [0, 0.05) is 12.0 Å². The molecule has 3 N–H and O–H groups in total. The van der Waals surface area contributed by atoms with Gasteiger partial charge in [0.1, 0.15) is 11.7 Å². The maximum absolute atomic E-state index is 13.0. The Morgan fingerprint density at radius 2 is 1.35 bits per heavy atom. The average Bonchev–Trinajstić information content (AvgIpc) is 2.80. The molecular weight excluding hydrogens is 392 g/mol. The lowest BCUT2D eigenvalue weighted by Gasteiger charge is -2.17. The summed E-state index contributed by atoms with van der Waals surface area (Å²) in [5.41, 5.74) is 1.81. The number of aliphatic carboxylic acids is 1. The van der Waals surface area contributed by atoms with Crippen LogP contribution >= 0.6 is 0 Å². The molecule has 0 aliphatic carbocycles. The van der Waals surface area contributed by atoms with Crippen LogP contribution in [0.4, 0.5) is 0 Å². The Kier molecular flexibility index (Phi) is 7.32. The number of carbonyl (C=O) groups excluding carboxylic acids is 2. The fourth-order valence-corrected chi connectivity index (χ4v) is 2.94. The van der Waals surface area contributed by atoms with Crippen LogP contribution in [-0.4, -0.2) is 28.9 Å². The first-order chi connectivity index (χ1) is 15.0. The van der Waals surface area contributed by atoms with Crippen molar-refractivity contribution >= 4 is 23.9 Å². The van der Waals surface area contributed by atoms with E-state index in [1.165, 1.54) is 6.08 Å². The van der Waals surface area contributed by atoms with E-state index in [9.17, 15) is 19.5 Å². The van der Waals surface area contributed by atoms with Crippen molar-refractivity contribution < 1.29 is 19.5 Å². The van der Waals surface area contributed by atoms with Crippen LogP contribution in [0.2, 0.25) is 0 Å². The minimum absolute atomic E-state index is 0.0423. The summed E-state index contributed by atoms with van der Waals surface area (Å²) in [5, 5.41) is 14.7. The van der Waals surface area contributed by atoms with E-state index in [2.05, 4.69) is 10.6 Å². The van der Waals surface area contributed by atoms with Crippen molar-refractivity contribution in [1.29, 1.82) is 0 Å². The average molecular weight is 414 g/mol. The fourth-order valence-electron chi connectivity index (χ4n) is 2.94. The molecule has 0 radical (unpaired) electrons. The number of carboxylic acid groups (broad SMARTS) is 1. The molecule has 0 aromatic heterocycles. The molecule has 3 rings (SSSR count). The van der Waals surface area contributed by atoms with Crippen LogP contribution in [-0.2, 0) is 16.0 Å². The third kappa shape index (κ3) is 6.40. The van der Waals surface area contributed by atoms with Crippen LogP contribution in [0.3, 0.4) is 0 Å². The zero-order valence-corrected chi connectivity index (χ0v) is 16.7. The summed E-state index contributed by atoms with van der Waals surface area (Å²) in [6.45, 7) is 0. The molecule has 2 amide bonds. The molecule has 0 aliphatic rings. The molecule has 0 bridgehead atoms. The van der Waals surface area contributed by atoms with E-state index in [4.69, 9.17) is 0 Å². The summed E-state index contributed by atoms with van der Waals surface area (Å²) in [6.07, 6.45) is 1.63. The lowest BCUT2D eigenvalue weighted by molar-refractivity contribution is -0.141. The highest BCUT2D eigenvalue weighted by molar-refractivity contribution is 6.06. The largest absolute Gasteiger partial charge is 0.480 e. The number of amides is 2. The van der Waals surface area contributed by atoms with Gasteiger partial charge < -0.3 is 15.7 Å². The van der Waals surface area contributed by atoms with Crippen molar-refractivity contribution in [3.05, 3.63) is 113 Å². The highest BCUT2D eigenvalue weighted by Gasteiger charge is 2.23. The van der Waals surface area contributed by atoms with Crippen molar-refractivity contribution in [3.63, 3.8) is 0 Å². The normalized spacial score (nSPS) is 11.9. The number of nitrogens with one attached hydrogen (secondary N) is 2. The Labute approximate surface area is 180 Å². The molecule has 0 fully saturated rings. The van der Waals surface area contributed by atoms with E-state index < -0.39 is 23.8 Å². The van der Waals surface area contributed by atoms with Gasteiger partial charge in [0.2, 0.25) is 0 Å². The van der Waals surface area contributed by atoms with Crippen LogP contribution in [0.1, 0.15) is 21.5 Å². The first-order valence-electron chi connectivity index (χ1n) is 9.73. The van der Waals surface area contributed by atoms with Gasteiger partial charge in [-0.05, 0) is 29.3 Å². The SMILES string of the molecule is O=C(N[C@@H](Cc1ccccc1)C(=O)O)/C(=C/c1ccccc1)NC(=O)c1ccccc1. The van der Waals surface area contributed by atoms with Crippen LogP contribution in [0.15, 0.2) is 96.7 Å². The molecule has 156 valence electrons. The van der Waals surface area contributed by atoms with Gasteiger partial charge in [-0.15, -0.1) is 0 Å². The van der Waals surface area contributed by atoms with Crippen molar-refractivity contribution in [2.75, 3.05) is 0 Å². The number of rotatable bonds is 8. The smallest absolute Gasteiger partial charge is 0.326 e. The Balaban J connectivity index is 1.83. The highest BCUT2D eigenvalue weighted by atomic mass is 16.4. The summed E-state index contributed by atoms with van der Waals surface area (Å²) in [7, 11) is 0. The lowest BCUT2D eigenvalue weighted by atomic mass is 10.1. The van der Waals surface area contributed by atoms with Gasteiger partial charge in [0.25, 0.3) is 11.8 Å². The quantitative estimate of drug-likeness (QED) is 0.493. The minimum atomic E-state index is -1.16. The second-order valence-corrected chi connectivity index (χ2v) is 6.84. The van der Waals surface area contributed by atoms with Crippen LogP contribution < -0.4 is 10.6 Å². The fraction of sp³-hybridized carbons (Fsp3) is 0.0800. The first kappa shape index (κ1) is 21.5. The van der Waals surface area contributed by atoms with Gasteiger partial charge in [-0.2, -0.15) is 0 Å². The Bertz CT molecular complexity index is 1060. The van der Waals surface area contributed by atoms with Crippen molar-refractivity contribution in [2.24, 2.45) is 0 Å². The van der Waals surface area contributed by atoms with Crippen LogP contribution in [0.25, 0.3) is 6.08 Å². The van der Waals surface area contributed by atoms with Crippen molar-refractivity contribution in [2.45, 2.75) is 12.5 Å². The summed E-state index contributed by atoms with van der Waals surface area (Å²) >= 11 is 0. The second kappa shape index (κ2) is 10.5. The maximum Gasteiger partial charge on any atom is 0.326 e. The van der Waals surface area contributed by atoms with Gasteiger partial charge in [-0.25, -0.2) is 4.79 Å². The van der Waals surface area contributed by atoms with Gasteiger partial charge in [0.15, 0.2) is 0 Å². The van der Waals surface area contributed by atoms with E-state index in [1.54, 1.807) is 78.9 Å². The van der Waals surface area contributed by atoms with Crippen molar-refractivity contribution in [1.82, 2.24) is 10.6 Å². The predicted molar refractivity (Wildman–Crippen MR) is 118 cm³/mol. The first-order valence-corrected chi connectivity index (χ1v) is 9.73. The number of hydrogen-bond donors (Lipinski definition) is 3. The molecule has 6 nitrogen and oxygen atoms in total. The summed E-state index contributed by atoms with van der Waals surface area (Å²) in [6, 6.07) is 25.3. The summed E-state index contributed by atoms with van der Waals surface area (Å²) in [5.74, 6) is -2.31. The van der Waals surface area contributed by atoms with Crippen LogP contribution in [0, 0.1) is 0 Å². The number of carbonyl (C=O) groups is 3. The summed E-state index contributed by atoms with van der Waals surface area (Å²) in [4.78, 5) is 37.3. The molecule has 1 atom stereocenters. The third-order valence-corrected chi connectivity index (χ3v) is 4.53. The molecule has 3 aromatic carbocycles. The molecule has 0 saturated heterocycles. The van der Waals surface area contributed by atoms with E-state index in [0.717, 1.165) is 5.56 Å². The molecule has 6 heteroatoms. The molecule has 0 heterocycles. The van der Waals surface area contributed by atoms with Gasteiger partial charge >= 0.3 is 5.97 Å². The second-order valence-electron chi connectivity index (χ2n) is 6.84. The standard InChI is InChI=1S/C25H22N2O4/c28-23(20-14-8-3-9-15-20)26-21(16-18-10-4-1-5-11-18)24(29)27-22(25(30)31)17-19-12-6-2-7-13-19/h1-16,22H,17H2,(H,26,28)(H,27,29)(H,30,31)/b21-16-/t22-/m0/s1. The zero-order chi connectivity index (χ0) is 22.1. The van der Waals surface area contributed by atoms with Crippen LogP contribution in [0.5, 0.6) is 0 Å². The number of hydrogen-bond acceptors (Lipinski definition) is 3. The molecule has 31 heavy (non-hydrogen) atoms. The molecular formula is C25H22N2O4. The van der Waals surface area contributed by atoms with E-state index >= 15 is 0 Å². The van der Waals surface area contributed by atoms with E-state index in [-0.39, 0.29) is 12.1 Å². The molecule has 0 saturated carbocycles. The maximum atomic E-state index is 13.0.